The molecule has 0 unspecified atom stereocenters. The fourth-order valence-electron chi connectivity index (χ4n) is 2.98. The van der Waals surface area contributed by atoms with E-state index in [0.717, 1.165) is 22.3 Å². The first kappa shape index (κ1) is 17.8. The molecule has 25 heavy (non-hydrogen) atoms. The topological polar surface area (TPSA) is 36.9 Å². The van der Waals surface area contributed by atoms with E-state index in [-0.39, 0.29) is 0 Å². The molecule has 2 aromatic rings. The maximum absolute atomic E-state index is 6.72. The second-order valence-corrected chi connectivity index (χ2v) is 6.27. The van der Waals surface area contributed by atoms with Crippen molar-refractivity contribution in [2.75, 3.05) is 28.4 Å². The van der Waals surface area contributed by atoms with Gasteiger partial charge in [-0.25, -0.2) is 0 Å². The molecule has 1 aliphatic carbocycles. The van der Waals surface area contributed by atoms with Crippen LogP contribution in [0.25, 0.3) is 10.6 Å². The minimum atomic E-state index is -0.402. The molecule has 132 valence electrons. The molecule has 2 aromatic carbocycles. The van der Waals surface area contributed by atoms with Crippen LogP contribution in [0, 0.1) is 0 Å². The van der Waals surface area contributed by atoms with Crippen LogP contribution < -0.4 is 18.9 Å². The van der Waals surface area contributed by atoms with E-state index in [1.807, 2.05) is 30.3 Å². The maximum Gasteiger partial charge on any atom is 0.161 e. The van der Waals surface area contributed by atoms with E-state index < -0.39 is 5.38 Å². The number of rotatable bonds is 5. The molecule has 0 amide bonds. The van der Waals surface area contributed by atoms with Crippen LogP contribution in [0.3, 0.4) is 0 Å². The summed E-state index contributed by atoms with van der Waals surface area (Å²) in [5.74, 6) is 2.49. The van der Waals surface area contributed by atoms with Crippen molar-refractivity contribution in [2.45, 2.75) is 5.38 Å². The first-order chi connectivity index (χ1) is 12.0. The van der Waals surface area contributed by atoms with Crippen molar-refractivity contribution in [2.24, 2.45) is 0 Å². The minimum absolute atomic E-state index is 0.402. The Morgan fingerprint density at radius 3 is 1.92 bits per heavy atom. The number of hydrogen-bond acceptors (Lipinski definition) is 4. The zero-order valence-electron chi connectivity index (χ0n) is 14.4. The Labute approximate surface area is 156 Å². The number of halogens is 2. The van der Waals surface area contributed by atoms with E-state index in [1.165, 1.54) is 0 Å². The zero-order valence-corrected chi connectivity index (χ0v) is 15.9. The minimum Gasteiger partial charge on any atom is -0.493 e. The second-order valence-electron chi connectivity index (χ2n) is 5.45. The van der Waals surface area contributed by atoms with Gasteiger partial charge in [0.25, 0.3) is 0 Å². The van der Waals surface area contributed by atoms with Crippen molar-refractivity contribution in [3.05, 3.63) is 47.0 Å². The van der Waals surface area contributed by atoms with Crippen LogP contribution in [-0.2, 0) is 0 Å². The van der Waals surface area contributed by atoms with E-state index in [0.29, 0.717) is 28.0 Å². The molecule has 1 aliphatic rings. The predicted molar refractivity (Wildman–Crippen MR) is 100 cm³/mol. The van der Waals surface area contributed by atoms with E-state index in [9.17, 15) is 0 Å². The van der Waals surface area contributed by atoms with Gasteiger partial charge in [-0.2, -0.15) is 0 Å². The number of alkyl halides is 1. The third-order valence-corrected chi connectivity index (χ3v) is 5.11. The summed E-state index contributed by atoms with van der Waals surface area (Å²) in [4.78, 5) is 0. The molecule has 0 aliphatic heterocycles. The van der Waals surface area contributed by atoms with Gasteiger partial charge in [-0.1, -0.05) is 17.7 Å². The molecular weight excluding hydrogens is 363 g/mol. The Kier molecular flexibility index (Phi) is 5.02. The van der Waals surface area contributed by atoms with Gasteiger partial charge in [-0.3, -0.25) is 0 Å². The average molecular weight is 381 g/mol. The van der Waals surface area contributed by atoms with Crippen LogP contribution in [-0.4, -0.2) is 28.4 Å². The molecule has 0 spiro atoms. The molecule has 3 rings (SSSR count). The quantitative estimate of drug-likeness (QED) is 0.674. The van der Waals surface area contributed by atoms with E-state index >= 15 is 0 Å². The first-order valence-corrected chi connectivity index (χ1v) is 8.39. The Bertz CT molecular complexity index is 846. The highest BCUT2D eigenvalue weighted by molar-refractivity contribution is 6.55. The lowest BCUT2D eigenvalue weighted by atomic mass is 10.0. The summed E-state index contributed by atoms with van der Waals surface area (Å²) in [6, 6.07) is 9.32. The molecule has 0 heterocycles. The molecule has 0 saturated heterocycles. The first-order valence-electron chi connectivity index (χ1n) is 7.58. The summed E-state index contributed by atoms with van der Waals surface area (Å²) in [5, 5.41) is 0.184. The third kappa shape index (κ3) is 2.90. The standard InChI is InChI=1S/C19H18Cl2O4/c1-22-13-6-5-10(7-14(13)23-2)17-18(20)11-8-15(24-3)16(25-4)9-12(11)19(17)21/h5-9,18H,1-4H3/t18-/m0/s1. The van der Waals surface area contributed by atoms with Gasteiger partial charge in [0.1, 0.15) is 0 Å². The van der Waals surface area contributed by atoms with Gasteiger partial charge < -0.3 is 18.9 Å². The Balaban J connectivity index is 2.13. The number of benzene rings is 2. The van der Waals surface area contributed by atoms with Crippen molar-refractivity contribution < 1.29 is 18.9 Å². The number of ether oxygens (including phenoxy) is 4. The van der Waals surface area contributed by atoms with E-state index in [4.69, 9.17) is 42.1 Å². The zero-order chi connectivity index (χ0) is 18.1. The normalized spacial score (nSPS) is 15.8. The molecular formula is C19H18Cl2O4. The van der Waals surface area contributed by atoms with Gasteiger partial charge in [0, 0.05) is 11.1 Å². The number of hydrogen-bond donors (Lipinski definition) is 0. The fraction of sp³-hybridized carbons (Fsp3) is 0.263. The van der Waals surface area contributed by atoms with Crippen LogP contribution in [0.1, 0.15) is 22.1 Å². The molecule has 6 heteroatoms. The van der Waals surface area contributed by atoms with Crippen molar-refractivity contribution in [1.82, 2.24) is 0 Å². The van der Waals surface area contributed by atoms with Crippen LogP contribution >= 0.6 is 23.2 Å². The third-order valence-electron chi connectivity index (χ3n) is 4.25. The summed E-state index contributed by atoms with van der Waals surface area (Å²) in [5.41, 5.74) is 3.41. The molecule has 0 saturated carbocycles. The predicted octanol–water partition coefficient (Wildman–Crippen LogP) is 5.12. The highest BCUT2D eigenvalue weighted by Crippen LogP contribution is 2.53. The van der Waals surface area contributed by atoms with Gasteiger partial charge in [0.2, 0.25) is 0 Å². The maximum atomic E-state index is 6.72. The Morgan fingerprint density at radius 1 is 0.760 bits per heavy atom. The molecule has 0 radical (unpaired) electrons. The van der Waals surface area contributed by atoms with Crippen LogP contribution in [0.15, 0.2) is 30.3 Å². The Hall–Kier alpha value is -2.04. The van der Waals surface area contributed by atoms with Gasteiger partial charge in [-0.05, 0) is 35.4 Å². The van der Waals surface area contributed by atoms with Crippen molar-refractivity contribution in [3.63, 3.8) is 0 Å². The van der Waals surface area contributed by atoms with Gasteiger partial charge in [0.15, 0.2) is 23.0 Å². The molecule has 0 bridgehead atoms. The van der Waals surface area contributed by atoms with E-state index in [2.05, 4.69) is 0 Å². The molecule has 4 nitrogen and oxygen atoms in total. The highest BCUT2D eigenvalue weighted by atomic mass is 35.5. The van der Waals surface area contributed by atoms with Crippen molar-refractivity contribution in [3.8, 4) is 23.0 Å². The number of fused-ring (bicyclic) bond motifs is 1. The van der Waals surface area contributed by atoms with Crippen LogP contribution in [0.4, 0.5) is 0 Å². The average Bonchev–Trinajstić information content (AvgIpc) is 2.89. The van der Waals surface area contributed by atoms with Crippen LogP contribution in [0.2, 0.25) is 0 Å². The van der Waals surface area contributed by atoms with Crippen molar-refractivity contribution >= 4 is 33.8 Å². The lowest BCUT2D eigenvalue weighted by Crippen LogP contribution is -1.96. The highest BCUT2D eigenvalue weighted by Gasteiger charge is 2.32. The summed E-state index contributed by atoms with van der Waals surface area (Å²) in [6.07, 6.45) is 0. The number of allylic oxidation sites excluding steroid dienone is 1. The molecule has 0 fully saturated rings. The largest absolute Gasteiger partial charge is 0.493 e. The van der Waals surface area contributed by atoms with Gasteiger partial charge >= 0.3 is 0 Å². The lowest BCUT2D eigenvalue weighted by molar-refractivity contribution is 0.354. The lowest BCUT2D eigenvalue weighted by Gasteiger charge is -2.14. The Morgan fingerprint density at radius 2 is 1.32 bits per heavy atom. The van der Waals surface area contributed by atoms with Crippen molar-refractivity contribution in [1.29, 1.82) is 0 Å². The van der Waals surface area contributed by atoms with Crippen LogP contribution in [0.5, 0.6) is 23.0 Å². The van der Waals surface area contributed by atoms with Gasteiger partial charge in [0.05, 0.1) is 38.8 Å². The summed E-state index contributed by atoms with van der Waals surface area (Å²) >= 11 is 13.4. The summed E-state index contributed by atoms with van der Waals surface area (Å²) in [6.45, 7) is 0. The number of methoxy groups -OCH3 is 4. The fourth-order valence-corrected chi connectivity index (χ4v) is 3.84. The SMILES string of the molecule is COc1ccc(C2=C(Cl)c3cc(OC)c(OC)cc3[C@@H]2Cl)cc1OC. The smallest absolute Gasteiger partial charge is 0.161 e. The summed E-state index contributed by atoms with van der Waals surface area (Å²) < 4.78 is 21.4. The monoisotopic (exact) mass is 380 g/mol. The van der Waals surface area contributed by atoms with E-state index in [1.54, 1.807) is 28.4 Å². The second kappa shape index (κ2) is 7.06. The summed E-state index contributed by atoms with van der Waals surface area (Å²) in [7, 11) is 6.37. The molecule has 0 N–H and O–H groups in total. The van der Waals surface area contributed by atoms with Gasteiger partial charge in [-0.15, -0.1) is 11.6 Å². The molecule has 0 aromatic heterocycles. The molecule has 1 atom stereocenters.